The summed E-state index contributed by atoms with van der Waals surface area (Å²) in [6.45, 7) is 5.13. The molecule has 1 saturated heterocycles. The molecule has 2 unspecified atom stereocenters. The fourth-order valence-corrected chi connectivity index (χ4v) is 4.27. The molecule has 2 amide bonds. The Morgan fingerprint density at radius 1 is 1.21 bits per heavy atom. The number of para-hydroxylation sites is 2. The highest BCUT2D eigenvalue weighted by Crippen LogP contribution is 2.34. The lowest BCUT2D eigenvalue weighted by Gasteiger charge is -2.27. The predicted molar refractivity (Wildman–Crippen MR) is 108 cm³/mol. The van der Waals surface area contributed by atoms with E-state index in [1.165, 1.54) is 0 Å². The zero-order valence-corrected chi connectivity index (χ0v) is 16.4. The van der Waals surface area contributed by atoms with E-state index in [9.17, 15) is 9.59 Å². The summed E-state index contributed by atoms with van der Waals surface area (Å²) in [5.74, 6) is 0.475. The van der Waals surface area contributed by atoms with Gasteiger partial charge in [-0.3, -0.25) is 9.59 Å². The summed E-state index contributed by atoms with van der Waals surface area (Å²) in [5, 5.41) is 3.15. The van der Waals surface area contributed by atoms with E-state index in [0.717, 1.165) is 41.0 Å². The van der Waals surface area contributed by atoms with E-state index in [1.54, 1.807) is 4.90 Å². The second-order valence-electron chi connectivity index (χ2n) is 7.58. The van der Waals surface area contributed by atoms with Crippen molar-refractivity contribution in [1.82, 2.24) is 5.32 Å². The van der Waals surface area contributed by atoms with Crippen LogP contribution in [0.3, 0.4) is 0 Å². The monoisotopic (exact) mass is 378 g/mol. The summed E-state index contributed by atoms with van der Waals surface area (Å²) < 4.78 is 5.68. The van der Waals surface area contributed by atoms with Crippen LogP contribution in [-0.2, 0) is 16.0 Å². The molecule has 2 aliphatic heterocycles. The second-order valence-corrected chi connectivity index (χ2v) is 7.58. The number of ether oxygens (including phenoxy) is 1. The highest BCUT2D eigenvalue weighted by atomic mass is 16.5. The van der Waals surface area contributed by atoms with Gasteiger partial charge in [0, 0.05) is 30.6 Å². The van der Waals surface area contributed by atoms with Crippen LogP contribution in [0.4, 0.5) is 5.69 Å². The molecular formula is C23H26N2O3. The summed E-state index contributed by atoms with van der Waals surface area (Å²) in [4.78, 5) is 27.5. The maximum absolute atomic E-state index is 13.0. The molecule has 5 heteroatoms. The maximum atomic E-state index is 13.0. The van der Waals surface area contributed by atoms with Crippen LogP contribution in [0, 0.1) is 12.8 Å². The normalized spacial score (nSPS) is 21.2. The summed E-state index contributed by atoms with van der Waals surface area (Å²) in [6.07, 6.45) is 1.86. The molecule has 2 aromatic carbocycles. The fraction of sp³-hybridized carbons (Fsp3) is 0.391. The van der Waals surface area contributed by atoms with Crippen molar-refractivity contribution in [2.24, 2.45) is 5.92 Å². The minimum atomic E-state index is -0.327. The predicted octanol–water partition coefficient (Wildman–Crippen LogP) is 3.55. The first kappa shape index (κ1) is 18.5. The van der Waals surface area contributed by atoms with Crippen LogP contribution in [0.5, 0.6) is 5.75 Å². The molecule has 2 aromatic rings. The van der Waals surface area contributed by atoms with Crippen LogP contribution in [0.1, 0.15) is 42.5 Å². The van der Waals surface area contributed by atoms with Crippen molar-refractivity contribution >= 4 is 17.5 Å². The number of hydrogen-bond acceptors (Lipinski definition) is 3. The highest BCUT2D eigenvalue weighted by Gasteiger charge is 2.37. The fourth-order valence-electron chi connectivity index (χ4n) is 4.27. The van der Waals surface area contributed by atoms with Crippen LogP contribution in [-0.4, -0.2) is 25.0 Å². The average molecular weight is 378 g/mol. The van der Waals surface area contributed by atoms with Crippen molar-refractivity contribution in [3.63, 3.8) is 0 Å². The van der Waals surface area contributed by atoms with Gasteiger partial charge in [0.25, 0.3) is 0 Å². The van der Waals surface area contributed by atoms with E-state index < -0.39 is 0 Å². The smallest absolute Gasteiger partial charge is 0.227 e. The molecule has 5 nitrogen and oxygen atoms in total. The summed E-state index contributed by atoms with van der Waals surface area (Å²) in [6, 6.07) is 13.8. The van der Waals surface area contributed by atoms with Gasteiger partial charge in [-0.15, -0.1) is 0 Å². The van der Waals surface area contributed by atoms with Gasteiger partial charge in [0.2, 0.25) is 11.8 Å². The Bertz CT molecular complexity index is 908. The Morgan fingerprint density at radius 2 is 2.04 bits per heavy atom. The summed E-state index contributed by atoms with van der Waals surface area (Å²) in [7, 11) is 0. The Hall–Kier alpha value is -2.82. The highest BCUT2D eigenvalue weighted by molar-refractivity contribution is 6.01. The van der Waals surface area contributed by atoms with Gasteiger partial charge in [0.05, 0.1) is 18.6 Å². The van der Waals surface area contributed by atoms with Crippen LogP contribution in [0.15, 0.2) is 42.5 Å². The van der Waals surface area contributed by atoms with Gasteiger partial charge in [-0.05, 0) is 30.5 Å². The van der Waals surface area contributed by atoms with Crippen LogP contribution in [0.25, 0.3) is 0 Å². The van der Waals surface area contributed by atoms with Gasteiger partial charge >= 0.3 is 0 Å². The lowest BCUT2D eigenvalue weighted by Crippen LogP contribution is -2.37. The number of benzene rings is 2. The maximum Gasteiger partial charge on any atom is 0.227 e. The first-order valence-electron chi connectivity index (χ1n) is 9.99. The lowest BCUT2D eigenvalue weighted by atomic mass is 9.99. The Labute approximate surface area is 165 Å². The molecule has 0 radical (unpaired) electrons. The Morgan fingerprint density at radius 3 is 2.86 bits per heavy atom. The number of carbonyl (C=O) groups is 2. The molecule has 28 heavy (non-hydrogen) atoms. The second kappa shape index (κ2) is 7.66. The third-order valence-corrected chi connectivity index (χ3v) is 5.74. The molecule has 0 spiro atoms. The van der Waals surface area contributed by atoms with Crippen LogP contribution >= 0.6 is 0 Å². The van der Waals surface area contributed by atoms with Crippen molar-refractivity contribution in [3.8, 4) is 5.75 Å². The minimum absolute atomic E-state index is 0.0246. The van der Waals surface area contributed by atoms with Crippen molar-refractivity contribution in [2.75, 3.05) is 18.1 Å². The number of fused-ring (bicyclic) bond motifs is 1. The number of hydrogen-bond donors (Lipinski definition) is 1. The molecule has 1 N–H and O–H groups in total. The molecule has 2 atom stereocenters. The van der Waals surface area contributed by atoms with Gasteiger partial charge < -0.3 is 15.0 Å². The first-order chi connectivity index (χ1) is 13.6. The Kier molecular flexibility index (Phi) is 5.07. The van der Waals surface area contributed by atoms with Gasteiger partial charge in [0.15, 0.2) is 0 Å². The van der Waals surface area contributed by atoms with E-state index in [-0.39, 0.29) is 30.2 Å². The van der Waals surface area contributed by atoms with E-state index in [4.69, 9.17) is 4.74 Å². The van der Waals surface area contributed by atoms with Gasteiger partial charge in [-0.2, -0.15) is 0 Å². The van der Waals surface area contributed by atoms with Crippen LogP contribution in [0.2, 0.25) is 0 Å². The zero-order valence-electron chi connectivity index (χ0n) is 16.4. The standard InChI is InChI=1S/C23H26N2O3/c1-3-16-8-6-7-15(2)22(16)25-14-17(13-21(25)26)23(27)24-19-11-12-28-20-10-5-4-9-18(19)20/h4-10,17,19H,3,11-14H2,1-2H3,(H,24,27). The van der Waals surface area contributed by atoms with E-state index in [2.05, 4.69) is 18.3 Å². The molecule has 146 valence electrons. The SMILES string of the molecule is CCc1cccc(C)c1N1CC(C(=O)NC2CCOc3ccccc32)CC1=O. The number of carbonyl (C=O) groups excluding carboxylic acids is 2. The van der Waals surface area contributed by atoms with Crippen molar-refractivity contribution in [1.29, 1.82) is 0 Å². The third-order valence-electron chi connectivity index (χ3n) is 5.74. The van der Waals surface area contributed by atoms with Gasteiger partial charge in [-0.25, -0.2) is 0 Å². The van der Waals surface area contributed by atoms with E-state index in [1.807, 2.05) is 43.3 Å². The number of rotatable bonds is 4. The zero-order chi connectivity index (χ0) is 19.7. The lowest BCUT2D eigenvalue weighted by molar-refractivity contribution is -0.127. The molecular weight excluding hydrogens is 352 g/mol. The quantitative estimate of drug-likeness (QED) is 0.885. The van der Waals surface area contributed by atoms with Crippen molar-refractivity contribution < 1.29 is 14.3 Å². The van der Waals surface area contributed by atoms with E-state index >= 15 is 0 Å². The molecule has 1 fully saturated rings. The number of amides is 2. The third kappa shape index (κ3) is 3.37. The van der Waals surface area contributed by atoms with Crippen LogP contribution < -0.4 is 15.0 Å². The number of aryl methyl sites for hydroxylation is 2. The minimum Gasteiger partial charge on any atom is -0.493 e. The molecule has 0 bridgehead atoms. The molecule has 0 aromatic heterocycles. The average Bonchev–Trinajstić information content (AvgIpc) is 3.09. The van der Waals surface area contributed by atoms with Gasteiger partial charge in [-0.1, -0.05) is 43.3 Å². The molecule has 2 aliphatic rings. The summed E-state index contributed by atoms with van der Waals surface area (Å²) in [5.41, 5.74) is 4.21. The number of nitrogens with zero attached hydrogens (tertiary/aromatic N) is 1. The van der Waals surface area contributed by atoms with E-state index in [0.29, 0.717) is 13.2 Å². The summed E-state index contributed by atoms with van der Waals surface area (Å²) >= 11 is 0. The van der Waals surface area contributed by atoms with Crippen molar-refractivity contribution in [2.45, 2.75) is 39.2 Å². The largest absolute Gasteiger partial charge is 0.493 e. The molecule has 0 aliphatic carbocycles. The first-order valence-corrected chi connectivity index (χ1v) is 9.99. The topological polar surface area (TPSA) is 58.6 Å². The van der Waals surface area contributed by atoms with Crippen molar-refractivity contribution in [3.05, 3.63) is 59.2 Å². The molecule has 4 rings (SSSR count). The Balaban J connectivity index is 1.50. The number of nitrogens with one attached hydrogen (secondary N) is 1. The number of anilines is 1. The molecule has 2 heterocycles. The van der Waals surface area contributed by atoms with Gasteiger partial charge in [0.1, 0.15) is 5.75 Å². The molecule has 0 saturated carbocycles.